The number of hydrogen-bond donors (Lipinski definition) is 9. The topological polar surface area (TPSA) is 217 Å². The number of benzene rings is 1. The molecule has 0 bridgehead atoms. The number of aromatic amines is 3. The number of carbonyl (C=O) groups is 4. The van der Waals surface area contributed by atoms with Crippen molar-refractivity contribution in [2.24, 2.45) is 5.73 Å². The molecule has 0 unspecified atom stereocenters. The predicted octanol–water partition coefficient (Wildman–Crippen LogP) is 4.69. The van der Waals surface area contributed by atoms with Crippen LogP contribution in [0.5, 0.6) is 0 Å². The van der Waals surface area contributed by atoms with Gasteiger partial charge in [0.05, 0.1) is 22.9 Å². The SMILES string of the molecule is Cc1c(NC(=O)c2ccc(N(CCCl)CCCl)cc2)c[nH]c1C(=O)Nc1c[nH]c(C(=O)Nc2c[nH]c(C(=O)NCCC(=N)N)c2C)c1C. The third-order valence-corrected chi connectivity index (χ3v) is 8.07. The van der Waals surface area contributed by atoms with Crippen LogP contribution in [-0.4, -0.2) is 75.8 Å². The maximum Gasteiger partial charge on any atom is 0.272 e. The number of rotatable bonds is 15. The highest BCUT2D eigenvalue weighted by molar-refractivity contribution is 6.18. The van der Waals surface area contributed by atoms with Crippen LogP contribution in [0.1, 0.15) is 64.9 Å². The summed E-state index contributed by atoms with van der Waals surface area (Å²) in [6.07, 6.45) is 4.78. The predicted molar refractivity (Wildman–Crippen MR) is 189 cm³/mol. The fourth-order valence-electron chi connectivity index (χ4n) is 4.94. The van der Waals surface area contributed by atoms with Gasteiger partial charge in [0.2, 0.25) is 0 Å². The van der Waals surface area contributed by atoms with Crippen molar-refractivity contribution in [2.75, 3.05) is 52.2 Å². The van der Waals surface area contributed by atoms with Gasteiger partial charge in [-0.3, -0.25) is 24.6 Å². The number of nitrogens with two attached hydrogens (primary N) is 1. The minimum Gasteiger partial charge on any atom is -0.388 e. The Kier molecular flexibility index (Phi) is 11.9. The number of carbonyl (C=O) groups excluding carboxylic acids is 4. The summed E-state index contributed by atoms with van der Waals surface area (Å²) < 4.78 is 0. The maximum absolute atomic E-state index is 13.2. The number of nitrogens with one attached hydrogen (secondary N) is 8. The molecule has 4 aromatic rings. The average Bonchev–Trinajstić information content (AvgIpc) is 3.73. The van der Waals surface area contributed by atoms with E-state index in [0.29, 0.717) is 64.2 Å². The monoisotopic (exact) mass is 696 g/mol. The Morgan fingerprint density at radius 3 is 1.54 bits per heavy atom. The van der Waals surface area contributed by atoms with Crippen LogP contribution < -0.4 is 31.9 Å². The highest BCUT2D eigenvalue weighted by Gasteiger charge is 2.22. The van der Waals surface area contributed by atoms with E-state index in [4.69, 9.17) is 34.3 Å². The van der Waals surface area contributed by atoms with E-state index in [1.165, 1.54) is 12.4 Å². The van der Waals surface area contributed by atoms with Crippen molar-refractivity contribution in [3.8, 4) is 0 Å². The first-order valence-electron chi connectivity index (χ1n) is 15.0. The molecule has 4 amide bonds. The lowest BCUT2D eigenvalue weighted by atomic mass is 10.1. The minimum absolute atomic E-state index is 0.0345. The summed E-state index contributed by atoms with van der Waals surface area (Å²) in [5, 5.41) is 18.3. The highest BCUT2D eigenvalue weighted by Crippen LogP contribution is 2.25. The number of hydrogen-bond acceptors (Lipinski definition) is 6. The minimum atomic E-state index is -0.474. The van der Waals surface area contributed by atoms with Gasteiger partial charge in [-0.05, 0) is 45.0 Å². The van der Waals surface area contributed by atoms with Crippen molar-refractivity contribution in [3.63, 3.8) is 0 Å². The van der Waals surface area contributed by atoms with E-state index < -0.39 is 11.8 Å². The third-order valence-electron chi connectivity index (χ3n) is 7.73. The van der Waals surface area contributed by atoms with Gasteiger partial charge in [0, 0.05) is 84.3 Å². The van der Waals surface area contributed by atoms with Crippen LogP contribution >= 0.6 is 23.2 Å². The lowest BCUT2D eigenvalue weighted by Crippen LogP contribution is -2.28. The van der Waals surface area contributed by atoms with Gasteiger partial charge in [0.1, 0.15) is 17.1 Å². The molecule has 0 aliphatic carbocycles. The molecule has 10 N–H and O–H groups in total. The highest BCUT2D eigenvalue weighted by atomic mass is 35.5. The first-order chi connectivity index (χ1) is 22.9. The van der Waals surface area contributed by atoms with Gasteiger partial charge in [-0.25, -0.2) is 0 Å². The fourth-order valence-corrected chi connectivity index (χ4v) is 5.35. The molecule has 0 aliphatic heterocycles. The molecule has 3 aromatic heterocycles. The number of anilines is 4. The molecule has 0 atom stereocenters. The van der Waals surface area contributed by atoms with Gasteiger partial charge in [0.25, 0.3) is 23.6 Å². The lowest BCUT2D eigenvalue weighted by Gasteiger charge is -2.22. The molecule has 0 fully saturated rings. The van der Waals surface area contributed by atoms with Crippen molar-refractivity contribution in [1.29, 1.82) is 5.41 Å². The van der Waals surface area contributed by atoms with Crippen molar-refractivity contribution in [2.45, 2.75) is 27.2 Å². The van der Waals surface area contributed by atoms with Gasteiger partial charge in [-0.1, -0.05) is 0 Å². The molecule has 48 heavy (non-hydrogen) atoms. The number of alkyl halides is 2. The normalized spacial score (nSPS) is 10.8. The Hall–Kier alpha value is -5.21. The molecule has 4 rings (SSSR count). The molecule has 1 aromatic carbocycles. The smallest absolute Gasteiger partial charge is 0.272 e. The van der Waals surface area contributed by atoms with E-state index in [1.54, 1.807) is 39.1 Å². The number of amidine groups is 1. The summed E-state index contributed by atoms with van der Waals surface area (Å²) in [5.41, 5.74) is 10.2. The third kappa shape index (κ3) is 8.38. The zero-order valence-electron chi connectivity index (χ0n) is 26.7. The van der Waals surface area contributed by atoms with E-state index in [0.717, 1.165) is 5.69 Å². The van der Waals surface area contributed by atoms with Gasteiger partial charge in [-0.2, -0.15) is 0 Å². The first-order valence-corrected chi connectivity index (χ1v) is 16.1. The van der Waals surface area contributed by atoms with Crippen LogP contribution in [0, 0.1) is 26.2 Å². The van der Waals surface area contributed by atoms with Crippen LogP contribution in [-0.2, 0) is 0 Å². The van der Waals surface area contributed by atoms with Gasteiger partial charge >= 0.3 is 0 Å². The lowest BCUT2D eigenvalue weighted by molar-refractivity contribution is 0.0947. The average molecular weight is 698 g/mol. The number of H-pyrrole nitrogens is 3. The molecular weight excluding hydrogens is 659 g/mol. The van der Waals surface area contributed by atoms with E-state index in [-0.39, 0.29) is 47.7 Å². The summed E-state index contributed by atoms with van der Waals surface area (Å²) in [5.74, 6) is -0.804. The molecule has 0 saturated carbocycles. The van der Waals surface area contributed by atoms with Crippen molar-refractivity contribution in [1.82, 2.24) is 20.3 Å². The second-order valence-corrected chi connectivity index (χ2v) is 11.7. The number of amides is 4. The van der Waals surface area contributed by atoms with Crippen LogP contribution in [0.15, 0.2) is 42.9 Å². The first kappa shape index (κ1) is 35.6. The fraction of sp³-hybridized carbons (Fsp3) is 0.281. The summed E-state index contributed by atoms with van der Waals surface area (Å²) in [7, 11) is 0. The molecule has 14 nitrogen and oxygen atoms in total. The quantitative estimate of drug-likeness (QED) is 0.0487. The molecule has 254 valence electrons. The Bertz CT molecular complexity index is 1800. The molecule has 3 heterocycles. The second kappa shape index (κ2) is 16.1. The summed E-state index contributed by atoms with van der Waals surface area (Å²) in [6, 6.07) is 7.09. The molecule has 16 heteroatoms. The number of halogens is 2. The van der Waals surface area contributed by atoms with Gasteiger partial charge in [-0.15, -0.1) is 23.2 Å². The van der Waals surface area contributed by atoms with E-state index in [1.807, 2.05) is 17.0 Å². The Morgan fingerprint density at radius 2 is 1.12 bits per heavy atom. The van der Waals surface area contributed by atoms with Crippen molar-refractivity contribution >= 4 is 75.4 Å². The van der Waals surface area contributed by atoms with Gasteiger partial charge < -0.3 is 46.9 Å². The van der Waals surface area contributed by atoms with E-state index >= 15 is 0 Å². The molecular formula is C32H38Cl2N10O4. The molecule has 0 radical (unpaired) electrons. The van der Waals surface area contributed by atoms with Gasteiger partial charge in [0.15, 0.2) is 0 Å². The zero-order valence-corrected chi connectivity index (χ0v) is 28.2. The molecule has 0 spiro atoms. The summed E-state index contributed by atoms with van der Waals surface area (Å²) in [6.45, 7) is 6.55. The zero-order chi connectivity index (χ0) is 35.0. The molecule has 0 aliphatic rings. The van der Waals surface area contributed by atoms with E-state index in [2.05, 4.69) is 36.2 Å². The maximum atomic E-state index is 13.2. The molecule has 0 saturated heterocycles. The Labute approximate surface area is 287 Å². The number of aromatic nitrogens is 3. The van der Waals surface area contributed by atoms with Crippen LogP contribution in [0.2, 0.25) is 0 Å². The standard InChI is InChI=1S/C32H38Cl2N10O4/c1-17-23(15-38-26(17)30(46)37-11-8-25(35)36)42-32(48)28-19(3)24(16-40-28)43-31(47)27-18(2)22(14-39-27)41-29(45)20-4-6-21(7-5-20)44(12-9-33)13-10-34/h4-7,14-16,38-40H,8-13H2,1-3H3,(H3,35,36)(H,37,46)(H,41,45)(H,42,48)(H,43,47). The van der Waals surface area contributed by atoms with Crippen LogP contribution in [0.3, 0.4) is 0 Å². The van der Waals surface area contributed by atoms with Crippen LogP contribution in [0.25, 0.3) is 0 Å². The summed E-state index contributed by atoms with van der Waals surface area (Å²) >= 11 is 11.8. The summed E-state index contributed by atoms with van der Waals surface area (Å²) in [4.78, 5) is 62.4. The van der Waals surface area contributed by atoms with E-state index in [9.17, 15) is 19.2 Å². The second-order valence-electron chi connectivity index (χ2n) is 10.9. The number of nitrogens with zero attached hydrogens (tertiary/aromatic N) is 1. The largest absolute Gasteiger partial charge is 0.388 e. The Balaban J connectivity index is 1.37. The van der Waals surface area contributed by atoms with Crippen LogP contribution in [0.4, 0.5) is 22.7 Å². The van der Waals surface area contributed by atoms with Crippen molar-refractivity contribution < 1.29 is 19.2 Å². The van der Waals surface area contributed by atoms with Crippen molar-refractivity contribution in [3.05, 3.63) is 82.2 Å². The Morgan fingerprint density at radius 1 is 0.708 bits per heavy atom.